The largest absolute Gasteiger partial charge is 0.324 e. The molecule has 0 aromatic carbocycles. The van der Waals surface area contributed by atoms with E-state index in [9.17, 15) is 0 Å². The smallest absolute Gasteiger partial charge is 0.0286 e. The molecule has 0 aromatic heterocycles. The first-order valence-corrected chi connectivity index (χ1v) is 8.51. The maximum atomic E-state index is 6.75. The van der Waals surface area contributed by atoms with Gasteiger partial charge in [-0.15, -0.1) is 0 Å². The van der Waals surface area contributed by atoms with Crippen molar-refractivity contribution in [3.8, 4) is 0 Å². The van der Waals surface area contributed by atoms with Gasteiger partial charge in [0.2, 0.25) is 0 Å². The second-order valence-electron chi connectivity index (χ2n) is 7.83. The van der Waals surface area contributed by atoms with E-state index in [1.807, 2.05) is 0 Å². The molecule has 0 amide bonds. The van der Waals surface area contributed by atoms with Crippen LogP contribution in [0.4, 0.5) is 0 Å². The lowest BCUT2D eigenvalue weighted by molar-refractivity contribution is 0.105. The lowest BCUT2D eigenvalue weighted by Crippen LogP contribution is -2.55. The van der Waals surface area contributed by atoms with Gasteiger partial charge in [0, 0.05) is 24.7 Å². The summed E-state index contributed by atoms with van der Waals surface area (Å²) in [6, 6.07) is 0.819. The summed E-state index contributed by atoms with van der Waals surface area (Å²) in [5, 5.41) is 0. The topological polar surface area (TPSA) is 29.3 Å². The van der Waals surface area contributed by atoms with Gasteiger partial charge >= 0.3 is 0 Å². The third-order valence-electron chi connectivity index (χ3n) is 5.09. The molecule has 0 bridgehead atoms. The summed E-state index contributed by atoms with van der Waals surface area (Å²) in [6.07, 6.45) is 10.8. The lowest BCUT2D eigenvalue weighted by Gasteiger charge is -2.43. The van der Waals surface area contributed by atoms with Crippen molar-refractivity contribution in [3.05, 3.63) is 0 Å². The second-order valence-corrected chi connectivity index (χ2v) is 7.83. The Morgan fingerprint density at radius 2 is 1.84 bits per heavy atom. The molecule has 2 fully saturated rings. The first kappa shape index (κ1) is 15.3. The number of rotatable bonds is 5. The summed E-state index contributed by atoms with van der Waals surface area (Å²) in [4.78, 5) is 2.75. The van der Waals surface area contributed by atoms with Gasteiger partial charge in [-0.05, 0) is 37.5 Å². The van der Waals surface area contributed by atoms with Gasteiger partial charge < -0.3 is 5.73 Å². The zero-order chi connectivity index (χ0) is 13.9. The number of hydrogen-bond donors (Lipinski definition) is 1. The van der Waals surface area contributed by atoms with Crippen molar-refractivity contribution in [3.63, 3.8) is 0 Å². The molecule has 2 saturated carbocycles. The third kappa shape index (κ3) is 4.46. The van der Waals surface area contributed by atoms with E-state index in [0.717, 1.165) is 24.4 Å². The molecule has 112 valence electrons. The molecule has 0 aliphatic heterocycles. The van der Waals surface area contributed by atoms with E-state index in [2.05, 4.69) is 25.7 Å². The molecule has 0 heterocycles. The van der Waals surface area contributed by atoms with E-state index in [-0.39, 0.29) is 5.54 Å². The van der Waals surface area contributed by atoms with Crippen molar-refractivity contribution in [2.24, 2.45) is 17.6 Å². The Hall–Kier alpha value is -0.0800. The molecule has 2 atom stereocenters. The van der Waals surface area contributed by atoms with Crippen molar-refractivity contribution in [2.75, 3.05) is 13.1 Å². The van der Waals surface area contributed by atoms with Gasteiger partial charge in [0.1, 0.15) is 0 Å². The monoisotopic (exact) mass is 266 g/mol. The van der Waals surface area contributed by atoms with Crippen molar-refractivity contribution in [1.29, 1.82) is 0 Å². The van der Waals surface area contributed by atoms with Crippen molar-refractivity contribution in [2.45, 2.75) is 83.7 Å². The SMILES string of the molecule is CC(C)CN(CC1(N)CCCC(C)C1)C1CCCC1. The molecule has 0 spiro atoms. The van der Waals surface area contributed by atoms with Crippen LogP contribution in [-0.2, 0) is 0 Å². The first-order valence-electron chi connectivity index (χ1n) is 8.51. The number of nitrogens with zero attached hydrogens (tertiary/aromatic N) is 1. The van der Waals surface area contributed by atoms with E-state index in [4.69, 9.17) is 5.73 Å². The Labute approximate surface area is 120 Å². The molecule has 0 radical (unpaired) electrons. The van der Waals surface area contributed by atoms with Crippen LogP contribution in [0, 0.1) is 11.8 Å². The Morgan fingerprint density at radius 1 is 1.16 bits per heavy atom. The van der Waals surface area contributed by atoms with Crippen LogP contribution in [0.5, 0.6) is 0 Å². The fourth-order valence-corrected chi connectivity index (χ4v) is 4.33. The second kappa shape index (κ2) is 6.58. The first-order chi connectivity index (χ1) is 8.98. The van der Waals surface area contributed by atoms with Crippen LogP contribution in [0.2, 0.25) is 0 Å². The van der Waals surface area contributed by atoms with Crippen molar-refractivity contribution >= 4 is 0 Å². The summed E-state index contributed by atoms with van der Waals surface area (Å²) >= 11 is 0. The van der Waals surface area contributed by atoms with Gasteiger partial charge in [0.05, 0.1) is 0 Å². The average Bonchev–Trinajstić information content (AvgIpc) is 2.79. The van der Waals surface area contributed by atoms with Gasteiger partial charge in [-0.2, -0.15) is 0 Å². The molecular weight excluding hydrogens is 232 g/mol. The van der Waals surface area contributed by atoms with Crippen molar-refractivity contribution < 1.29 is 0 Å². The van der Waals surface area contributed by atoms with Gasteiger partial charge in [-0.25, -0.2) is 0 Å². The maximum Gasteiger partial charge on any atom is 0.0286 e. The van der Waals surface area contributed by atoms with E-state index >= 15 is 0 Å². The number of hydrogen-bond acceptors (Lipinski definition) is 2. The molecule has 0 saturated heterocycles. The summed E-state index contributed by atoms with van der Waals surface area (Å²) in [5.41, 5.74) is 6.84. The van der Waals surface area contributed by atoms with Crippen LogP contribution in [0.25, 0.3) is 0 Å². The van der Waals surface area contributed by atoms with E-state index in [1.54, 1.807) is 0 Å². The molecule has 2 N–H and O–H groups in total. The molecule has 2 unspecified atom stereocenters. The Balaban J connectivity index is 1.97. The van der Waals surface area contributed by atoms with E-state index in [0.29, 0.717) is 0 Å². The van der Waals surface area contributed by atoms with Crippen LogP contribution in [-0.4, -0.2) is 29.6 Å². The summed E-state index contributed by atoms with van der Waals surface area (Å²) < 4.78 is 0. The minimum Gasteiger partial charge on any atom is -0.324 e. The Bertz CT molecular complexity index is 270. The normalized spacial score (nSPS) is 33.5. The highest BCUT2D eigenvalue weighted by Gasteiger charge is 2.35. The van der Waals surface area contributed by atoms with Gasteiger partial charge in [0.15, 0.2) is 0 Å². The highest BCUT2D eigenvalue weighted by Crippen LogP contribution is 2.33. The average molecular weight is 266 g/mol. The molecule has 2 aliphatic carbocycles. The lowest BCUT2D eigenvalue weighted by atomic mass is 9.76. The Kier molecular flexibility index (Phi) is 5.30. The minimum absolute atomic E-state index is 0.0924. The maximum absolute atomic E-state index is 6.75. The van der Waals surface area contributed by atoms with Gasteiger partial charge in [-0.1, -0.05) is 46.5 Å². The summed E-state index contributed by atoms with van der Waals surface area (Å²) in [6.45, 7) is 9.44. The van der Waals surface area contributed by atoms with Crippen LogP contribution >= 0.6 is 0 Å². The molecule has 2 rings (SSSR count). The van der Waals surface area contributed by atoms with E-state index in [1.165, 1.54) is 57.9 Å². The Morgan fingerprint density at radius 3 is 2.42 bits per heavy atom. The standard InChI is InChI=1S/C17H34N2/c1-14(2)12-19(16-8-4-5-9-16)13-17(18)10-6-7-15(3)11-17/h14-16H,4-13,18H2,1-3H3. The molecule has 2 aliphatic rings. The zero-order valence-corrected chi connectivity index (χ0v) is 13.3. The van der Waals surface area contributed by atoms with Crippen LogP contribution < -0.4 is 5.73 Å². The molecule has 0 aromatic rings. The fraction of sp³-hybridized carbons (Fsp3) is 1.00. The summed E-state index contributed by atoms with van der Waals surface area (Å²) in [5.74, 6) is 1.58. The molecule has 2 nitrogen and oxygen atoms in total. The highest BCUT2D eigenvalue weighted by atomic mass is 15.2. The molecule has 2 heteroatoms. The zero-order valence-electron chi connectivity index (χ0n) is 13.3. The fourth-order valence-electron chi connectivity index (χ4n) is 4.33. The van der Waals surface area contributed by atoms with Gasteiger partial charge in [0.25, 0.3) is 0 Å². The predicted molar refractivity (Wildman–Crippen MR) is 83.2 cm³/mol. The predicted octanol–water partition coefficient (Wildman–Crippen LogP) is 3.79. The molecule has 19 heavy (non-hydrogen) atoms. The summed E-state index contributed by atoms with van der Waals surface area (Å²) in [7, 11) is 0. The van der Waals surface area contributed by atoms with Crippen molar-refractivity contribution in [1.82, 2.24) is 4.90 Å². The minimum atomic E-state index is 0.0924. The van der Waals surface area contributed by atoms with Crippen LogP contribution in [0.3, 0.4) is 0 Å². The van der Waals surface area contributed by atoms with Crippen LogP contribution in [0.1, 0.15) is 72.1 Å². The quantitative estimate of drug-likeness (QED) is 0.820. The van der Waals surface area contributed by atoms with Gasteiger partial charge in [-0.3, -0.25) is 4.90 Å². The third-order valence-corrected chi connectivity index (χ3v) is 5.09. The molecular formula is C17H34N2. The number of nitrogens with two attached hydrogens (primary N) is 1. The highest BCUT2D eigenvalue weighted by molar-refractivity contribution is 4.94. The van der Waals surface area contributed by atoms with Crippen LogP contribution in [0.15, 0.2) is 0 Å². The van der Waals surface area contributed by atoms with E-state index < -0.39 is 0 Å².